The van der Waals surface area contributed by atoms with Gasteiger partial charge in [-0.3, -0.25) is 0 Å². The van der Waals surface area contributed by atoms with Crippen molar-refractivity contribution in [1.82, 2.24) is 0 Å². The van der Waals surface area contributed by atoms with Crippen LogP contribution in [0.3, 0.4) is 0 Å². The third-order valence-electron chi connectivity index (χ3n) is 5.24. The lowest BCUT2D eigenvalue weighted by Gasteiger charge is -2.18. The summed E-state index contributed by atoms with van der Waals surface area (Å²) < 4.78 is 0. The summed E-state index contributed by atoms with van der Waals surface area (Å²) in [4.78, 5) is 0. The Morgan fingerprint density at radius 3 is 1.44 bits per heavy atom. The molecule has 0 aromatic carbocycles. The Morgan fingerprint density at radius 1 is 0.630 bits per heavy atom. The number of hydrogen-bond donors (Lipinski definition) is 4. The van der Waals surface area contributed by atoms with Gasteiger partial charge in [0.05, 0.1) is 6.61 Å². The molecule has 162 valence electrons. The minimum atomic E-state index is -1.33. The van der Waals surface area contributed by atoms with Crippen molar-refractivity contribution in [3.05, 3.63) is 12.2 Å². The molecule has 0 heterocycles. The van der Waals surface area contributed by atoms with Crippen molar-refractivity contribution in [2.45, 2.75) is 128 Å². The van der Waals surface area contributed by atoms with Crippen molar-refractivity contribution in [2.75, 3.05) is 6.61 Å². The van der Waals surface area contributed by atoms with E-state index in [1.54, 1.807) is 0 Å². The van der Waals surface area contributed by atoms with E-state index < -0.39 is 24.9 Å². The summed E-state index contributed by atoms with van der Waals surface area (Å²) in [6, 6.07) is 0. The lowest BCUT2D eigenvalue weighted by Crippen LogP contribution is -2.38. The van der Waals surface area contributed by atoms with Gasteiger partial charge in [-0.15, -0.1) is 0 Å². The third-order valence-corrected chi connectivity index (χ3v) is 5.24. The van der Waals surface area contributed by atoms with Gasteiger partial charge < -0.3 is 20.4 Å². The molecule has 0 saturated carbocycles. The molecular formula is C23H46O4. The first-order valence-corrected chi connectivity index (χ1v) is 11.4. The molecule has 0 aliphatic heterocycles. The average molecular weight is 387 g/mol. The van der Waals surface area contributed by atoms with Crippen molar-refractivity contribution in [3.8, 4) is 0 Å². The minimum absolute atomic E-state index is 0.550. The minimum Gasteiger partial charge on any atom is -0.394 e. The standard InChI is InChI=1S/C23H46O4/c1-2-3-4-5-6-7-8-9-10-11-12-13-14-15-16-17-18-19-21(25)23(27)22(26)20-24/h18-19,21-27H,2-17,20H2,1H3/b19-18+. The predicted molar refractivity (Wildman–Crippen MR) is 114 cm³/mol. The first-order valence-electron chi connectivity index (χ1n) is 11.4. The highest BCUT2D eigenvalue weighted by Crippen LogP contribution is 2.14. The van der Waals surface area contributed by atoms with Crippen LogP contribution in [-0.2, 0) is 0 Å². The number of rotatable bonds is 20. The molecule has 0 amide bonds. The zero-order valence-electron chi connectivity index (χ0n) is 17.7. The second kappa shape index (κ2) is 20.3. The van der Waals surface area contributed by atoms with Gasteiger partial charge in [-0.05, 0) is 12.8 Å². The van der Waals surface area contributed by atoms with Crippen molar-refractivity contribution in [2.24, 2.45) is 0 Å². The monoisotopic (exact) mass is 386 g/mol. The van der Waals surface area contributed by atoms with Crippen molar-refractivity contribution < 1.29 is 20.4 Å². The van der Waals surface area contributed by atoms with Gasteiger partial charge in [0.2, 0.25) is 0 Å². The van der Waals surface area contributed by atoms with E-state index in [0.717, 1.165) is 12.8 Å². The van der Waals surface area contributed by atoms with Crippen LogP contribution in [0.5, 0.6) is 0 Å². The van der Waals surface area contributed by atoms with Gasteiger partial charge in [0.15, 0.2) is 0 Å². The molecule has 0 radical (unpaired) electrons. The van der Waals surface area contributed by atoms with Crippen LogP contribution < -0.4 is 0 Å². The first-order chi connectivity index (χ1) is 13.1. The highest BCUT2D eigenvalue weighted by Gasteiger charge is 2.21. The van der Waals surface area contributed by atoms with Gasteiger partial charge in [-0.1, -0.05) is 109 Å². The summed E-state index contributed by atoms with van der Waals surface area (Å²) in [7, 11) is 0. The maximum atomic E-state index is 9.64. The van der Waals surface area contributed by atoms with Crippen molar-refractivity contribution in [1.29, 1.82) is 0 Å². The molecule has 0 fully saturated rings. The van der Waals surface area contributed by atoms with E-state index in [1.807, 2.05) is 6.08 Å². The normalized spacial score (nSPS) is 15.3. The molecule has 0 aliphatic rings. The second-order valence-electron chi connectivity index (χ2n) is 7.90. The van der Waals surface area contributed by atoms with E-state index in [0.29, 0.717) is 0 Å². The number of unbranched alkanes of at least 4 members (excludes halogenated alkanes) is 15. The Kier molecular flexibility index (Phi) is 20.0. The number of allylic oxidation sites excluding steroid dienone is 1. The van der Waals surface area contributed by atoms with E-state index in [-0.39, 0.29) is 0 Å². The number of aliphatic hydroxyl groups excluding tert-OH is 4. The largest absolute Gasteiger partial charge is 0.394 e. The molecule has 3 unspecified atom stereocenters. The smallest absolute Gasteiger partial charge is 0.112 e. The highest BCUT2D eigenvalue weighted by molar-refractivity contribution is 4.94. The fourth-order valence-corrected chi connectivity index (χ4v) is 3.32. The van der Waals surface area contributed by atoms with Crippen LogP contribution in [0.2, 0.25) is 0 Å². The van der Waals surface area contributed by atoms with Gasteiger partial charge in [0.25, 0.3) is 0 Å². The molecule has 4 N–H and O–H groups in total. The Labute approximate surface area is 167 Å². The van der Waals surface area contributed by atoms with Crippen LogP contribution in [0.1, 0.15) is 110 Å². The molecule has 0 rings (SSSR count). The van der Waals surface area contributed by atoms with Crippen LogP contribution in [-0.4, -0.2) is 45.3 Å². The molecule has 0 spiro atoms. The summed E-state index contributed by atoms with van der Waals surface area (Å²) in [5.41, 5.74) is 0. The van der Waals surface area contributed by atoms with E-state index in [4.69, 9.17) is 5.11 Å². The van der Waals surface area contributed by atoms with Crippen molar-refractivity contribution in [3.63, 3.8) is 0 Å². The molecule has 0 aromatic heterocycles. The van der Waals surface area contributed by atoms with Crippen LogP contribution in [0.15, 0.2) is 12.2 Å². The lowest BCUT2D eigenvalue weighted by atomic mass is 10.0. The molecule has 4 nitrogen and oxygen atoms in total. The zero-order chi connectivity index (χ0) is 20.2. The van der Waals surface area contributed by atoms with Gasteiger partial charge in [0.1, 0.15) is 18.3 Å². The van der Waals surface area contributed by atoms with Crippen LogP contribution in [0, 0.1) is 0 Å². The summed E-state index contributed by atoms with van der Waals surface area (Å²) in [5, 5.41) is 37.1. The van der Waals surface area contributed by atoms with Crippen LogP contribution in [0.25, 0.3) is 0 Å². The average Bonchev–Trinajstić information content (AvgIpc) is 2.68. The fraction of sp³-hybridized carbons (Fsp3) is 0.913. The van der Waals surface area contributed by atoms with E-state index in [9.17, 15) is 15.3 Å². The van der Waals surface area contributed by atoms with Crippen LogP contribution >= 0.6 is 0 Å². The summed E-state index contributed by atoms with van der Waals surface area (Å²) in [6.07, 6.45) is 20.7. The quantitative estimate of drug-likeness (QED) is 0.178. The summed E-state index contributed by atoms with van der Waals surface area (Å²) in [6.45, 7) is 1.72. The molecule has 0 aliphatic carbocycles. The fourth-order valence-electron chi connectivity index (χ4n) is 3.32. The van der Waals surface area contributed by atoms with Gasteiger partial charge in [-0.2, -0.15) is 0 Å². The predicted octanol–water partition coefficient (Wildman–Crippen LogP) is 4.88. The highest BCUT2D eigenvalue weighted by atomic mass is 16.4. The Morgan fingerprint density at radius 2 is 1.04 bits per heavy atom. The summed E-state index contributed by atoms with van der Waals surface area (Å²) in [5.74, 6) is 0. The number of aliphatic hydroxyl groups is 4. The molecule has 27 heavy (non-hydrogen) atoms. The first kappa shape index (κ1) is 26.6. The zero-order valence-corrected chi connectivity index (χ0v) is 17.7. The van der Waals surface area contributed by atoms with Gasteiger partial charge in [0, 0.05) is 0 Å². The lowest BCUT2D eigenvalue weighted by molar-refractivity contribution is -0.0611. The summed E-state index contributed by atoms with van der Waals surface area (Å²) >= 11 is 0. The van der Waals surface area contributed by atoms with E-state index in [1.165, 1.54) is 96.0 Å². The molecule has 0 aromatic rings. The Bertz CT molecular complexity index is 320. The van der Waals surface area contributed by atoms with Crippen molar-refractivity contribution >= 4 is 0 Å². The topological polar surface area (TPSA) is 80.9 Å². The molecule has 0 bridgehead atoms. The SMILES string of the molecule is CCCCCCCCCCCCCCCCC/C=C/C(O)C(O)C(O)CO. The maximum absolute atomic E-state index is 9.64. The molecule has 0 saturated heterocycles. The second-order valence-corrected chi connectivity index (χ2v) is 7.90. The van der Waals surface area contributed by atoms with Gasteiger partial charge in [-0.25, -0.2) is 0 Å². The Hall–Kier alpha value is -0.420. The van der Waals surface area contributed by atoms with E-state index >= 15 is 0 Å². The third kappa shape index (κ3) is 17.4. The molecule has 4 heteroatoms. The maximum Gasteiger partial charge on any atom is 0.112 e. The molecular weight excluding hydrogens is 340 g/mol. The van der Waals surface area contributed by atoms with Crippen LogP contribution in [0.4, 0.5) is 0 Å². The van der Waals surface area contributed by atoms with Gasteiger partial charge >= 0.3 is 0 Å². The Balaban J connectivity index is 3.28. The number of hydrogen-bond acceptors (Lipinski definition) is 4. The van der Waals surface area contributed by atoms with E-state index in [2.05, 4.69) is 6.92 Å². The molecule has 3 atom stereocenters.